The average Bonchev–Trinajstić information content (AvgIpc) is 3.78. The Hall–Kier alpha value is -6.64. The van der Waals surface area contributed by atoms with Gasteiger partial charge in [-0.1, -0.05) is 169 Å². The second-order valence-corrected chi connectivity index (χ2v) is 16.5. The first-order valence-corrected chi connectivity index (χ1v) is 19.8. The van der Waals surface area contributed by atoms with Gasteiger partial charge in [0.05, 0.1) is 22.4 Å². The van der Waals surface area contributed by atoms with Crippen LogP contribution in [0, 0.1) is 0 Å². The van der Waals surface area contributed by atoms with Gasteiger partial charge in [-0.3, -0.25) is 0 Å². The van der Waals surface area contributed by atoms with Gasteiger partial charge in [0.1, 0.15) is 0 Å². The molecule has 9 aromatic rings. The van der Waals surface area contributed by atoms with E-state index in [0.717, 1.165) is 11.4 Å². The molecule has 0 radical (unpaired) electrons. The molecule has 2 nitrogen and oxygen atoms in total. The summed E-state index contributed by atoms with van der Waals surface area (Å²) in [5, 5.41) is 2.53. The lowest BCUT2D eigenvalue weighted by atomic mass is 9.81. The summed E-state index contributed by atoms with van der Waals surface area (Å²) in [5.41, 5.74) is 20.0. The van der Waals surface area contributed by atoms with Gasteiger partial charge in [-0.25, -0.2) is 0 Å². The highest BCUT2D eigenvalue weighted by Gasteiger charge is 2.40. The maximum atomic E-state index is 2.52. The molecule has 0 saturated carbocycles. The third-order valence-electron chi connectivity index (χ3n) is 12.8. The van der Waals surface area contributed by atoms with Gasteiger partial charge in [-0.05, 0) is 98.6 Å². The Morgan fingerprint density at radius 3 is 1.65 bits per heavy atom. The van der Waals surface area contributed by atoms with E-state index in [9.17, 15) is 0 Å². The summed E-state index contributed by atoms with van der Waals surface area (Å²) in [4.78, 5) is 2.52. The molecule has 2 aliphatic carbocycles. The van der Waals surface area contributed by atoms with Gasteiger partial charge in [0, 0.05) is 38.5 Å². The predicted octanol–water partition coefficient (Wildman–Crippen LogP) is 15.2. The Morgan fingerprint density at radius 1 is 0.404 bits per heavy atom. The molecule has 0 aliphatic heterocycles. The molecule has 0 bridgehead atoms. The lowest BCUT2D eigenvalue weighted by Gasteiger charge is -2.33. The lowest BCUT2D eigenvalue weighted by molar-refractivity contribution is 0.660. The van der Waals surface area contributed by atoms with E-state index in [1.165, 1.54) is 88.8 Å². The fraction of sp³-hybridized carbons (Fsp3) is 0.127. The third-order valence-corrected chi connectivity index (χ3v) is 12.8. The Kier molecular flexibility index (Phi) is 7.76. The summed E-state index contributed by atoms with van der Waals surface area (Å²) in [5.74, 6) is 0. The van der Waals surface area contributed by atoms with Crippen LogP contribution in [-0.4, -0.2) is 4.57 Å². The Morgan fingerprint density at radius 2 is 0.930 bits per heavy atom. The molecule has 0 spiro atoms. The van der Waals surface area contributed by atoms with Gasteiger partial charge in [0.15, 0.2) is 0 Å². The number of nitrogens with zero attached hydrogens (tertiary/aromatic N) is 2. The van der Waals surface area contributed by atoms with E-state index in [4.69, 9.17) is 0 Å². The highest BCUT2D eigenvalue weighted by atomic mass is 15.1. The summed E-state index contributed by atoms with van der Waals surface area (Å²) in [6.45, 7) is 9.49. The number of benzene rings is 8. The zero-order chi connectivity index (χ0) is 37.8. The van der Waals surface area contributed by atoms with Crippen molar-refractivity contribution in [2.75, 3.05) is 4.90 Å². The van der Waals surface area contributed by atoms with Gasteiger partial charge in [-0.2, -0.15) is 0 Å². The SMILES string of the molecule is C.CC1(C)c2ccccc2-c2cc(N(c3cccc(-c4ccccc4-n4c5ccccc5c5ccccc54)c3)c3cccc4c3C(C)(C)c3ccccc3-4)ccc21. The molecule has 1 heterocycles. The first-order chi connectivity index (χ1) is 27.3. The number of para-hydroxylation sites is 3. The van der Waals surface area contributed by atoms with E-state index < -0.39 is 0 Å². The van der Waals surface area contributed by atoms with E-state index in [1.54, 1.807) is 0 Å². The van der Waals surface area contributed by atoms with Crippen molar-refractivity contribution < 1.29 is 0 Å². The topological polar surface area (TPSA) is 8.17 Å². The molecule has 57 heavy (non-hydrogen) atoms. The van der Waals surface area contributed by atoms with Crippen LogP contribution in [0.5, 0.6) is 0 Å². The molecule has 2 aliphatic rings. The van der Waals surface area contributed by atoms with Crippen LogP contribution in [0.4, 0.5) is 17.1 Å². The Labute approximate surface area is 336 Å². The Bertz CT molecular complexity index is 2990. The molecule has 2 heteroatoms. The standard InChI is InChI=1S/C54H42N2.CH4/c1-53(2)45-25-10-6-21-40(45)44-34-37(31-32-47(44)53)55(51-30-16-24-43-39-20-5-11-26-46(39)54(3,4)52(43)51)36-18-15-17-35(33-36)38-19-7-12-27-48(38)56-49-28-13-8-22-41(49)42-23-9-14-29-50(42)56;/h5-34H,1-4H3;1H4. The lowest BCUT2D eigenvalue weighted by Crippen LogP contribution is -2.21. The number of aromatic nitrogens is 1. The van der Waals surface area contributed by atoms with Crippen LogP contribution in [0.2, 0.25) is 0 Å². The molecular weight excluding hydrogens is 689 g/mol. The molecule has 0 saturated heterocycles. The summed E-state index contributed by atoms with van der Waals surface area (Å²) in [6.07, 6.45) is 0. The van der Waals surface area contributed by atoms with E-state index in [2.05, 4.69) is 219 Å². The van der Waals surface area contributed by atoms with E-state index in [-0.39, 0.29) is 18.3 Å². The first kappa shape index (κ1) is 34.8. The summed E-state index contributed by atoms with van der Waals surface area (Å²) >= 11 is 0. The minimum absolute atomic E-state index is 0. The average molecular weight is 735 g/mol. The number of anilines is 3. The summed E-state index contributed by atoms with van der Waals surface area (Å²) in [7, 11) is 0. The van der Waals surface area contributed by atoms with E-state index >= 15 is 0 Å². The molecule has 8 aromatic carbocycles. The van der Waals surface area contributed by atoms with Crippen molar-refractivity contribution in [2.45, 2.75) is 46.0 Å². The van der Waals surface area contributed by atoms with Crippen molar-refractivity contribution in [2.24, 2.45) is 0 Å². The van der Waals surface area contributed by atoms with Crippen molar-refractivity contribution in [3.8, 4) is 39.1 Å². The molecule has 0 N–H and O–H groups in total. The maximum Gasteiger partial charge on any atom is 0.0541 e. The smallest absolute Gasteiger partial charge is 0.0541 e. The molecule has 0 atom stereocenters. The highest BCUT2D eigenvalue weighted by Crippen LogP contribution is 2.56. The number of fused-ring (bicyclic) bond motifs is 9. The van der Waals surface area contributed by atoms with Crippen LogP contribution in [0.1, 0.15) is 57.4 Å². The summed E-state index contributed by atoms with van der Waals surface area (Å²) < 4.78 is 2.44. The van der Waals surface area contributed by atoms with Crippen LogP contribution in [0.25, 0.3) is 60.9 Å². The molecule has 11 rings (SSSR count). The normalized spacial score (nSPS) is 14.1. The van der Waals surface area contributed by atoms with E-state index in [0.29, 0.717) is 0 Å². The molecule has 0 amide bonds. The van der Waals surface area contributed by atoms with Crippen molar-refractivity contribution >= 4 is 38.9 Å². The highest BCUT2D eigenvalue weighted by molar-refractivity contribution is 6.09. The Balaban J connectivity index is 0.00000396. The monoisotopic (exact) mass is 734 g/mol. The maximum absolute atomic E-state index is 2.52. The predicted molar refractivity (Wildman–Crippen MR) is 243 cm³/mol. The van der Waals surface area contributed by atoms with Gasteiger partial charge < -0.3 is 9.47 Å². The van der Waals surface area contributed by atoms with Gasteiger partial charge in [0.2, 0.25) is 0 Å². The molecule has 0 fully saturated rings. The molecule has 1 aromatic heterocycles. The number of hydrogen-bond donors (Lipinski definition) is 0. The second-order valence-electron chi connectivity index (χ2n) is 16.5. The minimum Gasteiger partial charge on any atom is -0.310 e. The van der Waals surface area contributed by atoms with Crippen molar-refractivity contribution in [3.05, 3.63) is 204 Å². The van der Waals surface area contributed by atoms with Crippen LogP contribution in [0.3, 0.4) is 0 Å². The second kappa shape index (κ2) is 12.7. The summed E-state index contributed by atoms with van der Waals surface area (Å²) in [6, 6.07) is 67.5. The number of rotatable bonds is 5. The van der Waals surface area contributed by atoms with Crippen LogP contribution in [0.15, 0.2) is 182 Å². The fourth-order valence-electron chi connectivity index (χ4n) is 10.2. The van der Waals surface area contributed by atoms with Crippen LogP contribution in [-0.2, 0) is 10.8 Å². The van der Waals surface area contributed by atoms with Crippen LogP contribution < -0.4 is 4.90 Å². The third kappa shape index (κ3) is 4.96. The molecule has 276 valence electrons. The van der Waals surface area contributed by atoms with Crippen molar-refractivity contribution in [1.82, 2.24) is 4.57 Å². The first-order valence-electron chi connectivity index (χ1n) is 19.8. The van der Waals surface area contributed by atoms with Crippen LogP contribution >= 0.6 is 0 Å². The molecule has 0 unspecified atom stereocenters. The quantitative estimate of drug-likeness (QED) is 0.171. The van der Waals surface area contributed by atoms with Gasteiger partial charge >= 0.3 is 0 Å². The van der Waals surface area contributed by atoms with E-state index in [1.807, 2.05) is 0 Å². The van der Waals surface area contributed by atoms with Crippen molar-refractivity contribution in [3.63, 3.8) is 0 Å². The zero-order valence-electron chi connectivity index (χ0n) is 32.2. The fourth-order valence-corrected chi connectivity index (χ4v) is 10.2. The van der Waals surface area contributed by atoms with Gasteiger partial charge in [0.25, 0.3) is 0 Å². The van der Waals surface area contributed by atoms with Crippen molar-refractivity contribution in [1.29, 1.82) is 0 Å². The minimum atomic E-state index is -0.188. The van der Waals surface area contributed by atoms with Gasteiger partial charge in [-0.15, -0.1) is 0 Å². The zero-order valence-corrected chi connectivity index (χ0v) is 32.2. The molecular formula is C55H46N2. The largest absolute Gasteiger partial charge is 0.310 e. The number of hydrogen-bond acceptors (Lipinski definition) is 1.